The third-order valence-electron chi connectivity index (χ3n) is 9.73. The van der Waals surface area contributed by atoms with E-state index >= 15 is 0 Å². The van der Waals surface area contributed by atoms with Crippen LogP contribution < -0.4 is 0 Å². The fourth-order valence-electron chi connectivity index (χ4n) is 7.75. The first-order chi connectivity index (χ1) is 18.0. The molecule has 3 unspecified atom stereocenters. The van der Waals surface area contributed by atoms with E-state index in [1.165, 1.54) is 12.5 Å². The second kappa shape index (κ2) is 10.5. The SMILES string of the molecule is CC(=O)O[C@@H]1C/C(=C\C=C2/CCC[C@@]3(C)C2CCC3C2(C/C=C/C(O)(C(F)(F)F)C(F)(F)F)CC2)CC(O)C1. The van der Waals surface area contributed by atoms with Crippen LogP contribution in [0.3, 0.4) is 0 Å². The Hall–Kier alpha value is -1.81. The van der Waals surface area contributed by atoms with Crippen molar-refractivity contribution in [1.82, 2.24) is 0 Å². The highest BCUT2D eigenvalue weighted by Crippen LogP contribution is 2.70. The van der Waals surface area contributed by atoms with Crippen LogP contribution in [0.4, 0.5) is 26.3 Å². The molecule has 4 fully saturated rings. The number of fused-ring (bicyclic) bond motifs is 1. The molecule has 0 bridgehead atoms. The number of allylic oxidation sites excluding steroid dienone is 4. The smallest absolute Gasteiger partial charge is 0.429 e. The number of halogens is 6. The molecule has 4 nitrogen and oxygen atoms in total. The number of rotatable bonds is 6. The first-order valence-corrected chi connectivity index (χ1v) is 13.8. The number of esters is 1. The van der Waals surface area contributed by atoms with Crippen LogP contribution in [0.5, 0.6) is 0 Å². The van der Waals surface area contributed by atoms with E-state index in [-0.39, 0.29) is 47.2 Å². The molecule has 220 valence electrons. The number of carbonyl (C=O) groups is 1. The minimum absolute atomic E-state index is 0.0764. The molecule has 2 N–H and O–H groups in total. The second-order valence-electron chi connectivity index (χ2n) is 12.4. The van der Waals surface area contributed by atoms with Gasteiger partial charge in [-0.15, -0.1) is 0 Å². The van der Waals surface area contributed by atoms with E-state index in [0.717, 1.165) is 56.6 Å². The summed E-state index contributed by atoms with van der Waals surface area (Å²) < 4.78 is 83.9. The van der Waals surface area contributed by atoms with Gasteiger partial charge in [0.25, 0.3) is 5.60 Å². The van der Waals surface area contributed by atoms with Crippen LogP contribution in [0, 0.1) is 22.7 Å². The van der Waals surface area contributed by atoms with Crippen LogP contribution in [0.1, 0.15) is 84.5 Å². The van der Waals surface area contributed by atoms with Gasteiger partial charge < -0.3 is 14.9 Å². The highest BCUT2D eigenvalue weighted by Gasteiger charge is 2.69. The molecule has 0 heterocycles. The number of hydrogen-bond donors (Lipinski definition) is 2. The second-order valence-corrected chi connectivity index (χ2v) is 12.4. The van der Waals surface area contributed by atoms with Gasteiger partial charge in [0.2, 0.25) is 0 Å². The quantitative estimate of drug-likeness (QED) is 0.205. The molecular formula is C29H38F6O4. The lowest BCUT2D eigenvalue weighted by atomic mass is 9.59. The zero-order chi connectivity index (χ0) is 28.9. The van der Waals surface area contributed by atoms with E-state index in [4.69, 9.17) is 4.74 Å². The average Bonchev–Trinajstić information content (AvgIpc) is 3.48. The average molecular weight is 565 g/mol. The summed E-state index contributed by atoms with van der Waals surface area (Å²) in [5.41, 5.74) is -3.00. The number of carbonyl (C=O) groups excluding carboxylic acids is 1. The van der Waals surface area contributed by atoms with Crippen LogP contribution in [-0.4, -0.2) is 46.3 Å². The first kappa shape index (κ1) is 30.2. The molecule has 4 saturated carbocycles. The van der Waals surface area contributed by atoms with E-state index in [1.54, 1.807) is 0 Å². The van der Waals surface area contributed by atoms with Crippen molar-refractivity contribution in [3.63, 3.8) is 0 Å². The van der Waals surface area contributed by atoms with E-state index in [2.05, 4.69) is 13.0 Å². The Morgan fingerprint density at radius 2 is 1.72 bits per heavy atom. The number of ether oxygens (including phenoxy) is 1. The standard InChI is InChI=1S/C29H38F6O4/c1-18(36)39-22-16-19(15-21(37)17-22)6-7-20-5-3-10-25(2)23(20)8-9-24(25)26(13-14-26)11-4-12-27(38,28(30,31)32)29(33,34)35/h4,6-7,12,21-24,37-38H,3,5,8-11,13-17H2,1-2H3/b12-4+,19-6-,20-7+/t21?,22-,23?,24?,25+/m1/s1. The maximum absolute atomic E-state index is 13.1. The number of aliphatic hydroxyl groups excluding tert-OH is 1. The van der Waals surface area contributed by atoms with Crippen molar-refractivity contribution in [2.75, 3.05) is 0 Å². The molecule has 0 aromatic heterocycles. The Labute approximate surface area is 225 Å². The molecule has 0 aromatic carbocycles. The maximum atomic E-state index is 13.1. The van der Waals surface area contributed by atoms with E-state index in [0.29, 0.717) is 19.3 Å². The lowest BCUT2D eigenvalue weighted by Crippen LogP contribution is -2.55. The molecular weight excluding hydrogens is 526 g/mol. The van der Waals surface area contributed by atoms with Gasteiger partial charge in [-0.05, 0) is 86.5 Å². The third-order valence-corrected chi connectivity index (χ3v) is 9.73. The fourth-order valence-corrected chi connectivity index (χ4v) is 7.75. The van der Waals surface area contributed by atoms with Crippen molar-refractivity contribution in [3.8, 4) is 0 Å². The lowest BCUT2D eigenvalue weighted by molar-refractivity contribution is -0.347. The lowest BCUT2D eigenvalue weighted by Gasteiger charge is -2.45. The Bertz CT molecular complexity index is 1010. The maximum Gasteiger partial charge on any atom is 0.429 e. The normalized spacial score (nSPS) is 35.4. The zero-order valence-electron chi connectivity index (χ0n) is 22.4. The summed E-state index contributed by atoms with van der Waals surface area (Å²) in [5, 5.41) is 19.7. The molecule has 10 heteroatoms. The van der Waals surface area contributed by atoms with Crippen LogP contribution in [0.25, 0.3) is 0 Å². The van der Waals surface area contributed by atoms with Crippen molar-refractivity contribution in [2.24, 2.45) is 22.7 Å². The summed E-state index contributed by atoms with van der Waals surface area (Å²) in [7, 11) is 0. The molecule has 4 aliphatic rings. The summed E-state index contributed by atoms with van der Waals surface area (Å²) >= 11 is 0. The van der Waals surface area contributed by atoms with Gasteiger partial charge in [-0.2, -0.15) is 26.3 Å². The van der Waals surface area contributed by atoms with Crippen molar-refractivity contribution in [1.29, 1.82) is 0 Å². The van der Waals surface area contributed by atoms with Gasteiger partial charge in [0, 0.05) is 19.8 Å². The van der Waals surface area contributed by atoms with E-state index in [9.17, 15) is 41.4 Å². The van der Waals surface area contributed by atoms with Crippen molar-refractivity contribution < 1.29 is 46.1 Å². The Kier molecular flexibility index (Phi) is 8.15. The summed E-state index contributed by atoms with van der Waals surface area (Å²) in [6.45, 7) is 3.56. The topological polar surface area (TPSA) is 66.8 Å². The fraction of sp³-hybridized carbons (Fsp3) is 0.759. The number of aliphatic hydroxyl groups is 2. The molecule has 0 spiro atoms. The van der Waals surface area contributed by atoms with Gasteiger partial charge in [0.05, 0.1) is 6.10 Å². The van der Waals surface area contributed by atoms with Gasteiger partial charge in [0.15, 0.2) is 0 Å². The van der Waals surface area contributed by atoms with Crippen LogP contribution in [-0.2, 0) is 9.53 Å². The van der Waals surface area contributed by atoms with Crippen LogP contribution >= 0.6 is 0 Å². The molecule has 0 amide bonds. The van der Waals surface area contributed by atoms with Gasteiger partial charge in [-0.25, -0.2) is 0 Å². The van der Waals surface area contributed by atoms with Crippen molar-refractivity contribution in [2.45, 2.75) is 115 Å². The van der Waals surface area contributed by atoms with Gasteiger partial charge in [0.1, 0.15) is 6.10 Å². The predicted molar refractivity (Wildman–Crippen MR) is 132 cm³/mol. The van der Waals surface area contributed by atoms with Crippen LogP contribution in [0.15, 0.2) is 35.5 Å². The van der Waals surface area contributed by atoms with E-state index in [1.807, 2.05) is 6.08 Å². The van der Waals surface area contributed by atoms with Gasteiger partial charge >= 0.3 is 18.3 Å². The Morgan fingerprint density at radius 1 is 1.05 bits per heavy atom. The molecule has 4 aliphatic carbocycles. The van der Waals surface area contributed by atoms with E-state index < -0.39 is 24.1 Å². The Balaban J connectivity index is 1.49. The highest BCUT2D eigenvalue weighted by atomic mass is 19.4. The zero-order valence-corrected chi connectivity index (χ0v) is 22.4. The monoisotopic (exact) mass is 564 g/mol. The minimum atomic E-state index is -5.85. The summed E-state index contributed by atoms with van der Waals surface area (Å²) in [4.78, 5) is 11.4. The highest BCUT2D eigenvalue weighted by molar-refractivity contribution is 5.66. The summed E-state index contributed by atoms with van der Waals surface area (Å²) in [5.74, 6) is 0.0672. The molecule has 5 atom stereocenters. The van der Waals surface area contributed by atoms with Crippen molar-refractivity contribution in [3.05, 3.63) is 35.5 Å². The largest absolute Gasteiger partial charge is 0.462 e. The van der Waals surface area contributed by atoms with Gasteiger partial charge in [-0.1, -0.05) is 36.3 Å². The Morgan fingerprint density at radius 3 is 2.31 bits per heavy atom. The molecule has 4 rings (SSSR count). The number of hydrogen-bond acceptors (Lipinski definition) is 4. The molecule has 0 saturated heterocycles. The molecule has 0 aliphatic heterocycles. The minimum Gasteiger partial charge on any atom is -0.462 e. The summed E-state index contributed by atoms with van der Waals surface area (Å²) in [6.07, 6.45) is -0.0351. The third kappa shape index (κ3) is 5.97. The van der Waals surface area contributed by atoms with Crippen LogP contribution in [0.2, 0.25) is 0 Å². The summed E-state index contributed by atoms with van der Waals surface area (Å²) in [6, 6.07) is 0. The van der Waals surface area contributed by atoms with Crippen molar-refractivity contribution >= 4 is 5.97 Å². The molecule has 39 heavy (non-hydrogen) atoms. The predicted octanol–water partition coefficient (Wildman–Crippen LogP) is 7.11. The molecule has 0 aromatic rings. The molecule has 0 radical (unpaired) electrons. The van der Waals surface area contributed by atoms with Gasteiger partial charge in [-0.3, -0.25) is 4.79 Å². The first-order valence-electron chi connectivity index (χ1n) is 13.8. The number of alkyl halides is 6.